The lowest BCUT2D eigenvalue weighted by Gasteiger charge is -2.27. The summed E-state index contributed by atoms with van der Waals surface area (Å²) in [7, 11) is 0. The molecule has 0 saturated heterocycles. The number of rotatable bonds is 3. The van der Waals surface area contributed by atoms with E-state index in [1.807, 2.05) is 34.6 Å². The van der Waals surface area contributed by atoms with Gasteiger partial charge in [0.05, 0.1) is 5.92 Å². The normalized spacial score (nSPS) is 13.5. The first-order valence-corrected chi connectivity index (χ1v) is 6.00. The minimum atomic E-state index is -0.711. The predicted molar refractivity (Wildman–Crippen MR) is 70.2 cm³/mol. The fourth-order valence-electron chi connectivity index (χ4n) is 2.19. The van der Waals surface area contributed by atoms with Crippen molar-refractivity contribution >= 4 is 5.97 Å². The Morgan fingerprint density at radius 3 is 2.00 bits per heavy atom. The van der Waals surface area contributed by atoms with Crippen LogP contribution in [0.4, 0.5) is 0 Å². The molecule has 94 valence electrons. The van der Waals surface area contributed by atoms with Crippen molar-refractivity contribution in [3.05, 3.63) is 34.9 Å². The number of carboxylic acids is 1. The van der Waals surface area contributed by atoms with Crippen LogP contribution in [0.1, 0.15) is 37.5 Å². The average molecular weight is 234 g/mol. The molecule has 0 heterocycles. The number of aryl methyl sites for hydroxylation is 2. The molecule has 1 rings (SSSR count). The van der Waals surface area contributed by atoms with Crippen LogP contribution in [0.2, 0.25) is 0 Å². The second-order valence-electron chi connectivity index (χ2n) is 5.96. The summed E-state index contributed by atoms with van der Waals surface area (Å²) in [5.74, 6) is -1.06. The summed E-state index contributed by atoms with van der Waals surface area (Å²) >= 11 is 0. The highest BCUT2D eigenvalue weighted by molar-refractivity contribution is 5.71. The van der Waals surface area contributed by atoms with Gasteiger partial charge in [0.25, 0.3) is 0 Å². The summed E-state index contributed by atoms with van der Waals surface area (Å²) in [5.41, 5.74) is 3.28. The summed E-state index contributed by atoms with van der Waals surface area (Å²) in [6.07, 6.45) is 0.599. The molecular weight excluding hydrogens is 212 g/mol. The standard InChI is InChI=1S/C15H22O2/c1-10-6-11(2)8-12(7-10)9-13(14(16)17)15(3,4)5/h6-8,13H,9H2,1-5H3,(H,16,17). The second-order valence-corrected chi connectivity index (χ2v) is 5.96. The molecule has 0 aromatic heterocycles. The molecule has 2 nitrogen and oxygen atoms in total. The molecule has 1 aromatic rings. The lowest BCUT2D eigenvalue weighted by Crippen LogP contribution is -2.30. The Hall–Kier alpha value is -1.31. The van der Waals surface area contributed by atoms with E-state index in [9.17, 15) is 9.90 Å². The number of hydrogen-bond acceptors (Lipinski definition) is 1. The van der Waals surface area contributed by atoms with Crippen molar-refractivity contribution in [3.63, 3.8) is 0 Å². The summed E-state index contributed by atoms with van der Waals surface area (Å²) < 4.78 is 0. The number of aliphatic carboxylic acids is 1. The highest BCUT2D eigenvalue weighted by Gasteiger charge is 2.31. The highest BCUT2D eigenvalue weighted by atomic mass is 16.4. The zero-order chi connectivity index (χ0) is 13.2. The Kier molecular flexibility index (Phi) is 3.97. The van der Waals surface area contributed by atoms with E-state index in [0.717, 1.165) is 5.56 Å². The van der Waals surface area contributed by atoms with Crippen molar-refractivity contribution < 1.29 is 9.90 Å². The van der Waals surface area contributed by atoms with E-state index in [2.05, 4.69) is 18.2 Å². The molecular formula is C15H22O2. The van der Waals surface area contributed by atoms with Crippen LogP contribution in [0.15, 0.2) is 18.2 Å². The van der Waals surface area contributed by atoms with Gasteiger partial charge < -0.3 is 5.11 Å². The third-order valence-electron chi connectivity index (χ3n) is 3.06. The molecule has 0 aliphatic heterocycles. The molecule has 0 aliphatic rings. The van der Waals surface area contributed by atoms with Gasteiger partial charge in [0, 0.05) is 0 Å². The smallest absolute Gasteiger partial charge is 0.307 e. The molecule has 1 atom stereocenters. The molecule has 0 saturated carbocycles. The van der Waals surface area contributed by atoms with Gasteiger partial charge in [0.15, 0.2) is 0 Å². The lowest BCUT2D eigenvalue weighted by molar-refractivity contribution is -0.145. The largest absolute Gasteiger partial charge is 0.481 e. The zero-order valence-electron chi connectivity index (χ0n) is 11.4. The third kappa shape index (κ3) is 3.88. The van der Waals surface area contributed by atoms with E-state index in [4.69, 9.17) is 0 Å². The Morgan fingerprint density at radius 2 is 1.65 bits per heavy atom. The fraction of sp³-hybridized carbons (Fsp3) is 0.533. The molecule has 0 amide bonds. The number of carboxylic acid groups (broad SMARTS) is 1. The van der Waals surface area contributed by atoms with Crippen molar-refractivity contribution in [2.45, 2.75) is 41.0 Å². The van der Waals surface area contributed by atoms with Crippen molar-refractivity contribution in [2.75, 3.05) is 0 Å². The zero-order valence-corrected chi connectivity index (χ0v) is 11.4. The van der Waals surface area contributed by atoms with E-state index < -0.39 is 5.97 Å². The van der Waals surface area contributed by atoms with Crippen LogP contribution >= 0.6 is 0 Å². The van der Waals surface area contributed by atoms with Gasteiger partial charge in [0.1, 0.15) is 0 Å². The van der Waals surface area contributed by atoms with Crippen molar-refractivity contribution in [1.29, 1.82) is 0 Å². The highest BCUT2D eigenvalue weighted by Crippen LogP contribution is 2.29. The molecule has 1 N–H and O–H groups in total. The van der Waals surface area contributed by atoms with Crippen molar-refractivity contribution in [3.8, 4) is 0 Å². The van der Waals surface area contributed by atoms with Crippen LogP contribution in [0.3, 0.4) is 0 Å². The summed E-state index contributed by atoms with van der Waals surface area (Å²) in [6.45, 7) is 10.0. The monoisotopic (exact) mass is 234 g/mol. The second kappa shape index (κ2) is 4.91. The Morgan fingerprint density at radius 1 is 1.18 bits per heavy atom. The van der Waals surface area contributed by atoms with E-state index in [1.165, 1.54) is 11.1 Å². The van der Waals surface area contributed by atoms with Gasteiger partial charge in [-0.1, -0.05) is 50.1 Å². The molecule has 0 fully saturated rings. The van der Waals surface area contributed by atoms with Crippen LogP contribution in [0.25, 0.3) is 0 Å². The summed E-state index contributed by atoms with van der Waals surface area (Å²) in [5, 5.41) is 9.31. The SMILES string of the molecule is Cc1cc(C)cc(CC(C(=O)O)C(C)(C)C)c1. The third-order valence-corrected chi connectivity index (χ3v) is 3.06. The minimum absolute atomic E-state index is 0.219. The van der Waals surface area contributed by atoms with Crippen LogP contribution in [-0.2, 0) is 11.2 Å². The molecule has 1 unspecified atom stereocenters. The number of benzene rings is 1. The van der Waals surface area contributed by atoms with Crippen molar-refractivity contribution in [2.24, 2.45) is 11.3 Å². The molecule has 17 heavy (non-hydrogen) atoms. The first kappa shape index (κ1) is 13.8. The van der Waals surface area contributed by atoms with E-state index >= 15 is 0 Å². The molecule has 2 heteroatoms. The van der Waals surface area contributed by atoms with Gasteiger partial charge in [-0.3, -0.25) is 4.79 Å². The first-order chi connectivity index (χ1) is 7.70. The summed E-state index contributed by atoms with van der Waals surface area (Å²) in [6, 6.07) is 6.26. The lowest BCUT2D eigenvalue weighted by atomic mass is 9.77. The van der Waals surface area contributed by atoms with E-state index in [1.54, 1.807) is 0 Å². The molecule has 0 aliphatic carbocycles. The maximum Gasteiger partial charge on any atom is 0.307 e. The molecule has 1 aromatic carbocycles. The topological polar surface area (TPSA) is 37.3 Å². The fourth-order valence-corrected chi connectivity index (χ4v) is 2.19. The van der Waals surface area contributed by atoms with Crippen molar-refractivity contribution in [1.82, 2.24) is 0 Å². The van der Waals surface area contributed by atoms with Crippen LogP contribution < -0.4 is 0 Å². The van der Waals surface area contributed by atoms with Gasteiger partial charge in [-0.05, 0) is 31.2 Å². The van der Waals surface area contributed by atoms with Gasteiger partial charge in [0.2, 0.25) is 0 Å². The maximum absolute atomic E-state index is 11.3. The first-order valence-electron chi connectivity index (χ1n) is 6.00. The molecule has 0 spiro atoms. The average Bonchev–Trinajstić information content (AvgIpc) is 2.10. The number of hydrogen-bond donors (Lipinski definition) is 1. The maximum atomic E-state index is 11.3. The molecule has 0 radical (unpaired) electrons. The van der Waals surface area contributed by atoms with Crippen LogP contribution in [0, 0.1) is 25.2 Å². The predicted octanol–water partition coefficient (Wildman–Crippen LogP) is 3.59. The Labute approximate surface area is 104 Å². The van der Waals surface area contributed by atoms with Gasteiger partial charge >= 0.3 is 5.97 Å². The van der Waals surface area contributed by atoms with Gasteiger partial charge in [-0.15, -0.1) is 0 Å². The van der Waals surface area contributed by atoms with E-state index in [0.29, 0.717) is 6.42 Å². The quantitative estimate of drug-likeness (QED) is 0.867. The van der Waals surface area contributed by atoms with E-state index in [-0.39, 0.29) is 11.3 Å². The van der Waals surface area contributed by atoms with Crippen LogP contribution in [0.5, 0.6) is 0 Å². The number of carbonyl (C=O) groups is 1. The van der Waals surface area contributed by atoms with Gasteiger partial charge in [-0.25, -0.2) is 0 Å². The summed E-state index contributed by atoms with van der Waals surface area (Å²) in [4.78, 5) is 11.3. The van der Waals surface area contributed by atoms with Crippen LogP contribution in [-0.4, -0.2) is 11.1 Å². The Bertz CT molecular complexity index is 393. The Balaban J connectivity index is 2.98. The molecule has 0 bridgehead atoms. The van der Waals surface area contributed by atoms with Gasteiger partial charge in [-0.2, -0.15) is 0 Å². The minimum Gasteiger partial charge on any atom is -0.481 e.